The first-order valence-electron chi connectivity index (χ1n) is 15.7. The van der Waals surface area contributed by atoms with Gasteiger partial charge in [-0.05, 0) is 60.2 Å². The van der Waals surface area contributed by atoms with E-state index < -0.39 is 0 Å². The molecule has 218 valence electrons. The Hall–Kier alpha value is -6.57. The number of hydrogen-bond acceptors (Lipinski definition) is 1. The van der Waals surface area contributed by atoms with Gasteiger partial charge in [-0.2, -0.15) is 0 Å². The standard InChI is InChI=1S/C43H25N3O/c1-44-28-22-27(23-29(24-28)45-38-18-8-3-13-31(38)32-14-4-9-19-39(32)45)30-12-2-7-17-37(30)46-40-20-10-5-15-33(40)35-25-36-34-16-6-11-21-42(34)47-43(36)26-41(35)46/h2-26H. The third-order valence-corrected chi connectivity index (χ3v) is 9.50. The first-order chi connectivity index (χ1) is 23.3. The van der Waals surface area contributed by atoms with Crippen LogP contribution in [0, 0.1) is 6.57 Å². The molecule has 10 aromatic rings. The second-order valence-corrected chi connectivity index (χ2v) is 12.1. The minimum Gasteiger partial charge on any atom is -0.456 e. The molecule has 3 aromatic heterocycles. The van der Waals surface area contributed by atoms with Crippen LogP contribution in [0.2, 0.25) is 0 Å². The molecule has 47 heavy (non-hydrogen) atoms. The zero-order chi connectivity index (χ0) is 31.1. The maximum absolute atomic E-state index is 8.08. The average Bonchev–Trinajstić information content (AvgIpc) is 3.77. The molecule has 4 nitrogen and oxygen atoms in total. The molecule has 0 radical (unpaired) electrons. The van der Waals surface area contributed by atoms with Crippen LogP contribution in [0.15, 0.2) is 156 Å². The van der Waals surface area contributed by atoms with Crippen LogP contribution in [0.25, 0.3) is 92.9 Å². The van der Waals surface area contributed by atoms with Crippen LogP contribution in [-0.2, 0) is 0 Å². The third kappa shape index (κ3) is 3.69. The maximum atomic E-state index is 8.08. The Bertz CT molecular complexity index is 2880. The molecule has 0 atom stereocenters. The van der Waals surface area contributed by atoms with Gasteiger partial charge in [0.25, 0.3) is 0 Å². The summed E-state index contributed by atoms with van der Waals surface area (Å²) in [6.07, 6.45) is 0. The van der Waals surface area contributed by atoms with Gasteiger partial charge in [0.05, 0.1) is 34.3 Å². The normalized spacial score (nSPS) is 11.8. The van der Waals surface area contributed by atoms with Crippen LogP contribution < -0.4 is 0 Å². The summed E-state index contributed by atoms with van der Waals surface area (Å²) < 4.78 is 11.0. The molecule has 0 bridgehead atoms. The molecule has 0 saturated heterocycles. The van der Waals surface area contributed by atoms with Gasteiger partial charge in [-0.3, -0.25) is 0 Å². The summed E-state index contributed by atoms with van der Waals surface area (Å²) in [5.74, 6) is 0. The van der Waals surface area contributed by atoms with Crippen molar-refractivity contribution in [1.82, 2.24) is 9.13 Å². The number of aromatic nitrogens is 2. The Kier molecular flexibility index (Phi) is 5.32. The number of para-hydroxylation sites is 5. The van der Waals surface area contributed by atoms with Crippen molar-refractivity contribution < 1.29 is 4.42 Å². The smallest absolute Gasteiger partial charge is 0.189 e. The van der Waals surface area contributed by atoms with Crippen molar-refractivity contribution in [3.05, 3.63) is 163 Å². The highest BCUT2D eigenvalue weighted by molar-refractivity contribution is 6.17. The highest BCUT2D eigenvalue weighted by atomic mass is 16.3. The van der Waals surface area contributed by atoms with Gasteiger partial charge >= 0.3 is 0 Å². The predicted octanol–water partition coefficient (Wildman–Crippen LogP) is 12.0. The molecule has 0 saturated carbocycles. The van der Waals surface area contributed by atoms with E-state index in [1.807, 2.05) is 24.3 Å². The molecule has 0 spiro atoms. The van der Waals surface area contributed by atoms with E-state index in [-0.39, 0.29) is 0 Å². The fourth-order valence-electron chi connectivity index (χ4n) is 7.50. The lowest BCUT2D eigenvalue weighted by atomic mass is 10.0. The van der Waals surface area contributed by atoms with Gasteiger partial charge in [-0.1, -0.05) is 91.0 Å². The highest BCUT2D eigenvalue weighted by Crippen LogP contribution is 2.41. The van der Waals surface area contributed by atoms with Gasteiger partial charge in [-0.25, -0.2) is 4.85 Å². The fourth-order valence-corrected chi connectivity index (χ4v) is 7.50. The number of furan rings is 1. The molecule has 0 unspecified atom stereocenters. The zero-order valence-electron chi connectivity index (χ0n) is 25.2. The number of rotatable bonds is 3. The van der Waals surface area contributed by atoms with E-state index in [0.29, 0.717) is 5.69 Å². The van der Waals surface area contributed by atoms with Crippen molar-refractivity contribution in [2.45, 2.75) is 0 Å². The Morgan fingerprint density at radius 2 is 1.04 bits per heavy atom. The summed E-state index contributed by atoms with van der Waals surface area (Å²) in [7, 11) is 0. The van der Waals surface area contributed by atoms with Crippen LogP contribution in [0.1, 0.15) is 0 Å². The van der Waals surface area contributed by atoms with Crippen LogP contribution >= 0.6 is 0 Å². The number of benzene rings is 7. The van der Waals surface area contributed by atoms with Gasteiger partial charge in [0.2, 0.25) is 0 Å². The van der Waals surface area contributed by atoms with Gasteiger partial charge in [0.1, 0.15) is 11.2 Å². The van der Waals surface area contributed by atoms with E-state index in [1.165, 1.54) is 21.5 Å². The lowest BCUT2D eigenvalue weighted by molar-refractivity contribution is 0.669. The zero-order valence-corrected chi connectivity index (χ0v) is 25.2. The molecular weight excluding hydrogens is 574 g/mol. The van der Waals surface area contributed by atoms with E-state index in [1.54, 1.807) is 0 Å². The first kappa shape index (κ1) is 25.7. The number of nitrogens with zero attached hydrogens (tertiary/aromatic N) is 3. The van der Waals surface area contributed by atoms with Gasteiger partial charge in [-0.15, -0.1) is 0 Å². The van der Waals surface area contributed by atoms with E-state index in [4.69, 9.17) is 11.0 Å². The van der Waals surface area contributed by atoms with Crippen LogP contribution in [-0.4, -0.2) is 9.13 Å². The number of fused-ring (bicyclic) bond motifs is 9. The van der Waals surface area contributed by atoms with Crippen molar-refractivity contribution in [2.24, 2.45) is 0 Å². The monoisotopic (exact) mass is 599 g/mol. The van der Waals surface area contributed by atoms with Gasteiger partial charge in [0.15, 0.2) is 5.69 Å². The Labute approximate surface area is 269 Å². The Morgan fingerprint density at radius 1 is 0.447 bits per heavy atom. The van der Waals surface area contributed by atoms with Crippen molar-refractivity contribution in [3.8, 4) is 22.5 Å². The SMILES string of the molecule is [C-]#[N+]c1cc(-c2ccccc2-n2c3ccccc3c3cc4c(cc32)oc2ccccc24)cc(-n2c3ccccc3c3ccccc32)c1. The lowest BCUT2D eigenvalue weighted by Gasteiger charge is -2.16. The summed E-state index contributed by atoms with van der Waals surface area (Å²) in [6, 6.07) is 53.0. The Balaban J connectivity index is 1.26. The predicted molar refractivity (Wildman–Crippen MR) is 194 cm³/mol. The fraction of sp³-hybridized carbons (Fsp3) is 0. The summed E-state index contributed by atoms with van der Waals surface area (Å²) in [6.45, 7) is 8.08. The molecule has 4 heteroatoms. The molecule has 0 N–H and O–H groups in total. The van der Waals surface area contributed by atoms with E-state index in [0.717, 1.165) is 66.5 Å². The second-order valence-electron chi connectivity index (χ2n) is 12.1. The molecule has 7 aromatic carbocycles. The highest BCUT2D eigenvalue weighted by Gasteiger charge is 2.19. The second kappa shape index (κ2) is 9.71. The summed E-state index contributed by atoms with van der Waals surface area (Å²) in [5.41, 5.74) is 10.8. The summed E-state index contributed by atoms with van der Waals surface area (Å²) in [5, 5.41) is 6.99. The maximum Gasteiger partial charge on any atom is 0.189 e. The van der Waals surface area contributed by atoms with Crippen molar-refractivity contribution in [2.75, 3.05) is 0 Å². The molecule has 0 aliphatic heterocycles. The molecule has 3 heterocycles. The minimum absolute atomic E-state index is 0.598. The molecular formula is C43H25N3O. The van der Waals surface area contributed by atoms with E-state index in [2.05, 4.69) is 141 Å². The molecule has 0 aliphatic rings. The largest absolute Gasteiger partial charge is 0.456 e. The van der Waals surface area contributed by atoms with Crippen LogP contribution in [0.5, 0.6) is 0 Å². The molecule has 0 aliphatic carbocycles. The average molecular weight is 600 g/mol. The van der Waals surface area contributed by atoms with Gasteiger partial charge < -0.3 is 13.6 Å². The first-order valence-corrected chi connectivity index (χ1v) is 15.7. The van der Waals surface area contributed by atoms with Crippen LogP contribution in [0.3, 0.4) is 0 Å². The lowest BCUT2D eigenvalue weighted by Crippen LogP contribution is -1.98. The van der Waals surface area contributed by atoms with Gasteiger partial charge in [0, 0.05) is 49.6 Å². The number of hydrogen-bond donors (Lipinski definition) is 0. The molecule has 0 amide bonds. The van der Waals surface area contributed by atoms with E-state index in [9.17, 15) is 0 Å². The van der Waals surface area contributed by atoms with Crippen molar-refractivity contribution in [3.63, 3.8) is 0 Å². The molecule has 10 rings (SSSR count). The van der Waals surface area contributed by atoms with E-state index >= 15 is 0 Å². The quantitative estimate of drug-likeness (QED) is 0.186. The van der Waals surface area contributed by atoms with Crippen LogP contribution in [0.4, 0.5) is 5.69 Å². The topological polar surface area (TPSA) is 27.4 Å². The Morgan fingerprint density at radius 3 is 1.77 bits per heavy atom. The molecule has 0 fully saturated rings. The third-order valence-electron chi connectivity index (χ3n) is 9.50. The van der Waals surface area contributed by atoms with Crippen molar-refractivity contribution in [1.29, 1.82) is 0 Å². The minimum atomic E-state index is 0.598. The summed E-state index contributed by atoms with van der Waals surface area (Å²) >= 11 is 0. The summed E-state index contributed by atoms with van der Waals surface area (Å²) in [4.78, 5) is 3.95. The van der Waals surface area contributed by atoms with Crippen molar-refractivity contribution >= 4 is 71.2 Å².